The fraction of sp³-hybridized carbons (Fsp3) is 0.400. The van der Waals surface area contributed by atoms with Gasteiger partial charge in [0.05, 0.1) is 12.2 Å². The van der Waals surface area contributed by atoms with Gasteiger partial charge in [-0.05, 0) is 26.0 Å². The lowest BCUT2D eigenvalue weighted by Crippen LogP contribution is -2.16. The summed E-state index contributed by atoms with van der Waals surface area (Å²) >= 11 is 0. The summed E-state index contributed by atoms with van der Waals surface area (Å²) in [5, 5.41) is 9.89. The Balaban J connectivity index is 2.71. The van der Waals surface area contributed by atoms with E-state index in [0.29, 0.717) is 12.1 Å². The first-order valence-electron chi connectivity index (χ1n) is 6.84. The number of hydrogen-bond donors (Lipinski definition) is 1. The molecule has 1 aromatic heterocycles. The van der Waals surface area contributed by atoms with Gasteiger partial charge < -0.3 is 14.4 Å². The number of carbonyl (C=O) groups is 1. The normalized spacial score (nSPS) is 13.4. The van der Waals surface area contributed by atoms with E-state index >= 15 is 0 Å². The molecule has 0 radical (unpaired) electrons. The average Bonchev–Trinajstić information content (AvgIpc) is 2.84. The molecule has 0 fully saturated rings. The fourth-order valence-electron chi connectivity index (χ4n) is 2.44. The predicted molar refractivity (Wildman–Crippen MR) is 74.2 cm³/mol. The number of aryl methyl sites for hydroxylation is 1. The first-order valence-corrected chi connectivity index (χ1v) is 6.84. The summed E-state index contributed by atoms with van der Waals surface area (Å²) in [5.74, 6) is -0.963. The van der Waals surface area contributed by atoms with E-state index in [9.17, 15) is 23.1 Å². The van der Waals surface area contributed by atoms with Crippen molar-refractivity contribution >= 4 is 16.9 Å². The number of hydrogen-bond acceptors (Lipinski definition) is 3. The molecule has 1 unspecified atom stereocenters. The summed E-state index contributed by atoms with van der Waals surface area (Å²) in [6.45, 7) is 3.77. The highest BCUT2D eigenvalue weighted by Crippen LogP contribution is 2.39. The van der Waals surface area contributed by atoms with E-state index in [2.05, 4.69) is 0 Å². The van der Waals surface area contributed by atoms with E-state index < -0.39 is 23.8 Å². The fourth-order valence-corrected chi connectivity index (χ4v) is 2.44. The van der Waals surface area contributed by atoms with Crippen LogP contribution in [0.1, 0.15) is 31.1 Å². The second-order valence-electron chi connectivity index (χ2n) is 4.72. The zero-order valence-corrected chi connectivity index (χ0v) is 12.1. The van der Waals surface area contributed by atoms with Gasteiger partial charge >= 0.3 is 12.1 Å². The number of halogens is 3. The molecule has 120 valence electrons. The number of aliphatic hydroxyl groups excluding tert-OH is 1. The molecule has 0 amide bonds. The molecule has 4 nitrogen and oxygen atoms in total. The number of aliphatic hydroxyl groups is 1. The Morgan fingerprint density at radius 2 is 2.05 bits per heavy atom. The molecular weight excluding hydrogens is 299 g/mol. The number of carbonyl (C=O) groups excluding carboxylic acids is 1. The average molecular weight is 315 g/mol. The minimum Gasteiger partial charge on any atom is -0.464 e. The zero-order chi connectivity index (χ0) is 16.5. The lowest BCUT2D eigenvalue weighted by molar-refractivity contribution is -0.153. The Morgan fingerprint density at radius 1 is 1.36 bits per heavy atom. The Bertz CT molecular complexity index is 691. The smallest absolute Gasteiger partial charge is 0.417 e. The van der Waals surface area contributed by atoms with E-state index in [-0.39, 0.29) is 17.6 Å². The van der Waals surface area contributed by atoms with Crippen molar-refractivity contribution < 1.29 is 27.8 Å². The molecule has 1 heterocycles. The van der Waals surface area contributed by atoms with Gasteiger partial charge in [-0.3, -0.25) is 0 Å². The maximum absolute atomic E-state index is 13.2. The van der Waals surface area contributed by atoms with E-state index in [1.54, 1.807) is 18.4 Å². The third-order valence-corrected chi connectivity index (χ3v) is 3.39. The van der Waals surface area contributed by atoms with Crippen molar-refractivity contribution in [3.8, 4) is 0 Å². The standard InChI is InChI=1S/C15H16F3NO3/c1-3-19-8-9(13(20)14(21)22-4-2)12-10(15(16,17)18)6-5-7-11(12)19/h5-8,13,20H,3-4H2,1-2H3. The van der Waals surface area contributed by atoms with Gasteiger partial charge in [0.2, 0.25) is 0 Å². The number of nitrogens with zero attached hydrogens (tertiary/aromatic N) is 1. The molecule has 0 aliphatic rings. The molecule has 0 saturated carbocycles. The van der Waals surface area contributed by atoms with Crippen molar-refractivity contribution in [2.24, 2.45) is 0 Å². The molecule has 2 rings (SSSR count). The minimum absolute atomic E-state index is 0.0362. The van der Waals surface area contributed by atoms with E-state index in [1.165, 1.54) is 18.3 Å². The van der Waals surface area contributed by atoms with Crippen molar-refractivity contribution in [2.45, 2.75) is 32.7 Å². The Morgan fingerprint density at radius 3 is 2.59 bits per heavy atom. The van der Waals surface area contributed by atoms with Gasteiger partial charge in [-0.15, -0.1) is 0 Å². The van der Waals surface area contributed by atoms with Crippen LogP contribution in [0.25, 0.3) is 10.9 Å². The van der Waals surface area contributed by atoms with E-state index in [1.807, 2.05) is 0 Å². The van der Waals surface area contributed by atoms with Crippen molar-refractivity contribution in [3.05, 3.63) is 35.5 Å². The van der Waals surface area contributed by atoms with Gasteiger partial charge in [-0.2, -0.15) is 13.2 Å². The molecule has 0 aliphatic carbocycles. The molecular formula is C15H16F3NO3. The van der Waals surface area contributed by atoms with Crippen LogP contribution >= 0.6 is 0 Å². The molecule has 0 aliphatic heterocycles. The maximum Gasteiger partial charge on any atom is 0.417 e. The van der Waals surface area contributed by atoms with Gasteiger partial charge in [0, 0.05) is 29.2 Å². The van der Waals surface area contributed by atoms with Crippen molar-refractivity contribution in [3.63, 3.8) is 0 Å². The van der Waals surface area contributed by atoms with Gasteiger partial charge in [-0.1, -0.05) is 6.07 Å². The highest BCUT2D eigenvalue weighted by atomic mass is 19.4. The Kier molecular flexibility index (Phi) is 4.46. The number of alkyl halides is 3. The zero-order valence-electron chi connectivity index (χ0n) is 12.1. The highest BCUT2D eigenvalue weighted by molar-refractivity contribution is 5.92. The van der Waals surface area contributed by atoms with Crippen LogP contribution in [0.3, 0.4) is 0 Å². The van der Waals surface area contributed by atoms with Crippen LogP contribution in [0.5, 0.6) is 0 Å². The van der Waals surface area contributed by atoms with E-state index in [4.69, 9.17) is 4.74 Å². The number of rotatable bonds is 4. The predicted octanol–water partition coefficient (Wildman–Crippen LogP) is 3.28. The molecule has 22 heavy (non-hydrogen) atoms. The highest BCUT2D eigenvalue weighted by Gasteiger charge is 2.36. The first kappa shape index (κ1) is 16.4. The van der Waals surface area contributed by atoms with Crippen LogP contribution in [-0.2, 0) is 22.3 Å². The summed E-state index contributed by atoms with van der Waals surface area (Å²) in [7, 11) is 0. The van der Waals surface area contributed by atoms with Gasteiger partial charge in [-0.25, -0.2) is 4.79 Å². The Hall–Kier alpha value is -2.02. The van der Waals surface area contributed by atoms with Crippen molar-refractivity contribution in [2.75, 3.05) is 6.61 Å². The second-order valence-corrected chi connectivity index (χ2v) is 4.72. The molecule has 2 aromatic rings. The van der Waals surface area contributed by atoms with E-state index in [0.717, 1.165) is 6.07 Å². The van der Waals surface area contributed by atoms with Crippen LogP contribution in [0.15, 0.2) is 24.4 Å². The summed E-state index contributed by atoms with van der Waals surface area (Å²) in [6, 6.07) is 3.76. The summed E-state index contributed by atoms with van der Waals surface area (Å²) in [6.07, 6.45) is -4.97. The van der Waals surface area contributed by atoms with Gasteiger partial charge in [0.1, 0.15) is 0 Å². The maximum atomic E-state index is 13.2. The molecule has 0 saturated heterocycles. The summed E-state index contributed by atoms with van der Waals surface area (Å²) in [5.41, 5.74) is -0.658. The summed E-state index contributed by atoms with van der Waals surface area (Å²) < 4.78 is 45.9. The Labute approximate surface area is 125 Å². The molecule has 0 bridgehead atoms. The molecule has 1 atom stereocenters. The summed E-state index contributed by atoms with van der Waals surface area (Å²) in [4.78, 5) is 11.7. The van der Waals surface area contributed by atoms with Crippen LogP contribution in [0.4, 0.5) is 13.2 Å². The topological polar surface area (TPSA) is 51.5 Å². The quantitative estimate of drug-likeness (QED) is 0.881. The first-order chi connectivity index (χ1) is 10.3. The lowest BCUT2D eigenvalue weighted by Gasteiger charge is -2.12. The third kappa shape index (κ3) is 2.81. The van der Waals surface area contributed by atoms with Crippen LogP contribution in [0.2, 0.25) is 0 Å². The van der Waals surface area contributed by atoms with Crippen LogP contribution < -0.4 is 0 Å². The van der Waals surface area contributed by atoms with Crippen LogP contribution in [0, 0.1) is 0 Å². The van der Waals surface area contributed by atoms with Crippen molar-refractivity contribution in [1.29, 1.82) is 0 Å². The monoisotopic (exact) mass is 315 g/mol. The molecule has 0 spiro atoms. The number of aromatic nitrogens is 1. The minimum atomic E-state index is -4.58. The lowest BCUT2D eigenvalue weighted by atomic mass is 10.0. The number of benzene rings is 1. The second kappa shape index (κ2) is 6.00. The molecule has 7 heteroatoms. The van der Waals surface area contributed by atoms with Gasteiger partial charge in [0.15, 0.2) is 6.10 Å². The largest absolute Gasteiger partial charge is 0.464 e. The number of esters is 1. The third-order valence-electron chi connectivity index (χ3n) is 3.39. The SMILES string of the molecule is CCOC(=O)C(O)c1cn(CC)c2cccc(C(F)(F)F)c12. The van der Waals surface area contributed by atoms with Crippen LogP contribution in [-0.4, -0.2) is 22.2 Å². The molecule has 1 N–H and O–H groups in total. The van der Waals surface area contributed by atoms with Gasteiger partial charge in [0.25, 0.3) is 0 Å². The molecule has 1 aromatic carbocycles. The number of fused-ring (bicyclic) bond motifs is 1. The van der Waals surface area contributed by atoms with Crippen molar-refractivity contribution in [1.82, 2.24) is 4.57 Å². The number of ether oxygens (including phenoxy) is 1.